The van der Waals surface area contributed by atoms with Gasteiger partial charge in [-0.2, -0.15) is 0 Å². The zero-order valence-corrected chi connectivity index (χ0v) is 16.0. The summed E-state index contributed by atoms with van der Waals surface area (Å²) in [6, 6.07) is 10.2. The first-order chi connectivity index (χ1) is 12.2. The Morgan fingerprint density at radius 1 is 1.08 bits per heavy atom. The quantitative estimate of drug-likeness (QED) is 0.805. The van der Waals surface area contributed by atoms with Crippen molar-refractivity contribution in [3.63, 3.8) is 0 Å². The number of rotatable bonds is 4. The van der Waals surface area contributed by atoms with E-state index >= 15 is 0 Å². The minimum atomic E-state index is -0.994. The van der Waals surface area contributed by atoms with Gasteiger partial charge in [0.25, 0.3) is 0 Å². The average molecular weight is 349 g/mol. The zero-order valence-electron chi connectivity index (χ0n) is 16.0. The number of nitrogens with zero attached hydrogens (tertiary/aromatic N) is 1. The van der Waals surface area contributed by atoms with Crippen LogP contribution < -0.4 is 0 Å². The van der Waals surface area contributed by atoms with Crippen LogP contribution in [0.1, 0.15) is 73.3 Å². The lowest BCUT2D eigenvalue weighted by molar-refractivity contribution is 0.0690. The van der Waals surface area contributed by atoms with E-state index in [2.05, 4.69) is 63.0 Å². The Kier molecular flexibility index (Phi) is 4.74. The van der Waals surface area contributed by atoms with Gasteiger partial charge in [0.15, 0.2) is 0 Å². The van der Waals surface area contributed by atoms with E-state index < -0.39 is 5.97 Å². The van der Waals surface area contributed by atoms with Gasteiger partial charge < -0.3 is 5.11 Å². The summed E-state index contributed by atoms with van der Waals surface area (Å²) in [6.07, 6.45) is 9.05. The molecule has 2 aromatic rings. The highest BCUT2D eigenvalue weighted by Gasteiger charge is 2.36. The molecule has 1 N–H and O–H groups in total. The Balaban J connectivity index is 1.78. The number of hydrogen-bond acceptors (Lipinski definition) is 2. The number of aromatic nitrogens is 1. The van der Waals surface area contributed by atoms with E-state index in [1.54, 1.807) is 12.3 Å². The Morgan fingerprint density at radius 3 is 2.38 bits per heavy atom. The number of benzene rings is 1. The molecule has 0 fully saturated rings. The maximum absolute atomic E-state index is 10.9. The van der Waals surface area contributed by atoms with E-state index in [0.29, 0.717) is 0 Å². The van der Waals surface area contributed by atoms with Crippen LogP contribution in [-0.4, -0.2) is 16.1 Å². The molecule has 3 heteroatoms. The number of carboxylic acid groups (broad SMARTS) is 1. The Bertz CT molecular complexity index is 845. The Morgan fingerprint density at radius 2 is 1.77 bits per heavy atom. The molecule has 0 aliphatic heterocycles. The fourth-order valence-electron chi connectivity index (χ4n) is 3.71. The summed E-state index contributed by atoms with van der Waals surface area (Å²) in [7, 11) is 0. The van der Waals surface area contributed by atoms with Crippen molar-refractivity contribution in [2.24, 2.45) is 0 Å². The smallest absolute Gasteiger partial charge is 0.354 e. The van der Waals surface area contributed by atoms with E-state index in [9.17, 15) is 4.79 Å². The lowest BCUT2D eigenvalue weighted by Crippen LogP contribution is -2.33. The molecule has 1 aromatic carbocycles. The first-order valence-corrected chi connectivity index (χ1v) is 9.19. The number of allylic oxidation sites excluding steroid dienone is 1. The number of fused-ring (bicyclic) bond motifs is 1. The first-order valence-electron chi connectivity index (χ1n) is 9.19. The molecular formula is C23H27NO2. The minimum absolute atomic E-state index is 0.0808. The van der Waals surface area contributed by atoms with E-state index in [0.717, 1.165) is 12.0 Å². The number of hydrogen-bond donors (Lipinski definition) is 1. The van der Waals surface area contributed by atoms with Crippen molar-refractivity contribution in [2.45, 2.75) is 57.8 Å². The minimum Gasteiger partial charge on any atom is -0.477 e. The highest BCUT2D eigenvalue weighted by molar-refractivity contribution is 5.85. The summed E-state index contributed by atoms with van der Waals surface area (Å²) in [5, 5.41) is 8.90. The van der Waals surface area contributed by atoms with Crippen LogP contribution in [0.4, 0.5) is 0 Å². The number of aromatic carboxylic acids is 1. The number of carbonyl (C=O) groups is 1. The van der Waals surface area contributed by atoms with Crippen LogP contribution in [0.3, 0.4) is 0 Å². The van der Waals surface area contributed by atoms with E-state index in [1.165, 1.54) is 29.5 Å². The molecule has 0 spiro atoms. The largest absolute Gasteiger partial charge is 0.477 e. The molecule has 3 nitrogen and oxygen atoms in total. The molecule has 0 saturated carbocycles. The number of pyridine rings is 1. The lowest BCUT2D eigenvalue weighted by atomic mass is 9.63. The molecule has 1 aliphatic carbocycles. The van der Waals surface area contributed by atoms with Gasteiger partial charge in [0.2, 0.25) is 0 Å². The normalized spacial score (nSPS) is 17.8. The van der Waals surface area contributed by atoms with E-state index in [4.69, 9.17) is 5.11 Å². The van der Waals surface area contributed by atoms with Crippen LogP contribution in [0.25, 0.3) is 6.08 Å². The predicted molar refractivity (Wildman–Crippen MR) is 106 cm³/mol. The van der Waals surface area contributed by atoms with Gasteiger partial charge in [-0.1, -0.05) is 64.1 Å². The fraction of sp³-hybridized carbons (Fsp3) is 0.391. The van der Waals surface area contributed by atoms with Gasteiger partial charge in [0.1, 0.15) is 5.69 Å². The maximum atomic E-state index is 10.9. The predicted octanol–water partition coefficient (Wildman–Crippen LogP) is 5.38. The SMILES string of the molecule is CC1(C)CCC(C)(C)c2cc(C=CCc3ccc(C(=O)O)nc3)ccc21. The van der Waals surface area contributed by atoms with Crippen molar-refractivity contribution in [3.05, 3.63) is 70.6 Å². The van der Waals surface area contributed by atoms with Crippen molar-refractivity contribution in [2.75, 3.05) is 0 Å². The molecule has 0 saturated heterocycles. The van der Waals surface area contributed by atoms with Gasteiger partial charge in [0, 0.05) is 6.20 Å². The molecule has 0 bridgehead atoms. The molecule has 0 radical (unpaired) electrons. The third-order valence-electron chi connectivity index (χ3n) is 5.58. The van der Waals surface area contributed by atoms with Crippen molar-refractivity contribution in [1.82, 2.24) is 4.98 Å². The van der Waals surface area contributed by atoms with Gasteiger partial charge in [0.05, 0.1) is 0 Å². The highest BCUT2D eigenvalue weighted by atomic mass is 16.4. The number of carboxylic acids is 1. The van der Waals surface area contributed by atoms with Gasteiger partial charge >= 0.3 is 5.97 Å². The van der Waals surface area contributed by atoms with Crippen LogP contribution in [0.2, 0.25) is 0 Å². The standard InChI is InChI=1S/C23H27NO2/c1-22(2)12-13-23(3,4)19-14-16(8-10-18(19)22)6-5-7-17-9-11-20(21(25)26)24-15-17/h5-6,8-11,14-15H,7,12-13H2,1-4H3,(H,25,26). The van der Waals surface area contributed by atoms with Gasteiger partial charge in [-0.3, -0.25) is 0 Å². The highest BCUT2D eigenvalue weighted by Crippen LogP contribution is 2.45. The van der Waals surface area contributed by atoms with Crippen LogP contribution in [-0.2, 0) is 17.3 Å². The van der Waals surface area contributed by atoms with Crippen LogP contribution in [0.15, 0.2) is 42.6 Å². The topological polar surface area (TPSA) is 50.2 Å². The van der Waals surface area contributed by atoms with Crippen LogP contribution in [0.5, 0.6) is 0 Å². The summed E-state index contributed by atoms with van der Waals surface area (Å²) in [4.78, 5) is 14.8. The zero-order chi connectivity index (χ0) is 18.9. The van der Waals surface area contributed by atoms with Gasteiger partial charge in [-0.15, -0.1) is 0 Å². The van der Waals surface area contributed by atoms with Gasteiger partial charge in [-0.25, -0.2) is 9.78 Å². The summed E-state index contributed by atoms with van der Waals surface area (Å²) in [5.74, 6) is -0.994. The van der Waals surface area contributed by atoms with Crippen molar-refractivity contribution >= 4 is 12.0 Å². The second kappa shape index (κ2) is 6.71. The summed E-state index contributed by atoms with van der Waals surface area (Å²) in [5.41, 5.74) is 5.69. The molecular weight excluding hydrogens is 322 g/mol. The summed E-state index contributed by atoms with van der Waals surface area (Å²) >= 11 is 0. The van der Waals surface area contributed by atoms with E-state index in [-0.39, 0.29) is 16.5 Å². The molecule has 1 aliphatic rings. The summed E-state index contributed by atoms with van der Waals surface area (Å²) in [6.45, 7) is 9.35. The third kappa shape index (κ3) is 3.72. The van der Waals surface area contributed by atoms with Crippen LogP contribution in [0, 0.1) is 0 Å². The molecule has 3 rings (SSSR count). The Hall–Kier alpha value is -2.42. The summed E-state index contributed by atoms with van der Waals surface area (Å²) < 4.78 is 0. The molecule has 1 heterocycles. The van der Waals surface area contributed by atoms with Crippen molar-refractivity contribution in [1.29, 1.82) is 0 Å². The average Bonchev–Trinajstić information content (AvgIpc) is 2.59. The molecule has 0 unspecified atom stereocenters. The molecule has 0 amide bonds. The molecule has 136 valence electrons. The fourth-order valence-corrected chi connectivity index (χ4v) is 3.71. The second-order valence-corrected chi connectivity index (χ2v) is 8.54. The maximum Gasteiger partial charge on any atom is 0.354 e. The first kappa shape index (κ1) is 18.4. The van der Waals surface area contributed by atoms with Crippen molar-refractivity contribution in [3.8, 4) is 0 Å². The van der Waals surface area contributed by atoms with E-state index in [1.807, 2.05) is 6.07 Å². The monoisotopic (exact) mass is 349 g/mol. The lowest BCUT2D eigenvalue weighted by Gasteiger charge is -2.42. The second-order valence-electron chi connectivity index (χ2n) is 8.54. The third-order valence-corrected chi connectivity index (χ3v) is 5.58. The molecule has 0 atom stereocenters. The van der Waals surface area contributed by atoms with Crippen LogP contribution >= 0.6 is 0 Å². The molecule has 26 heavy (non-hydrogen) atoms. The Labute approximate surface area is 155 Å². The van der Waals surface area contributed by atoms with Crippen molar-refractivity contribution < 1.29 is 9.90 Å². The molecule has 1 aromatic heterocycles. The van der Waals surface area contributed by atoms with Gasteiger partial charge in [-0.05, 0) is 58.4 Å².